The average molecular weight is 309 g/mol. The Kier molecular flexibility index (Phi) is 8.36. The van der Waals surface area contributed by atoms with Gasteiger partial charge in [-0.2, -0.15) is 0 Å². The molecule has 0 heterocycles. The summed E-state index contributed by atoms with van der Waals surface area (Å²) in [6, 6.07) is 6.09. The highest BCUT2D eigenvalue weighted by atomic mass is 16.5. The minimum absolute atomic E-state index is 0.130. The molecule has 0 aliphatic carbocycles. The van der Waals surface area contributed by atoms with Gasteiger partial charge in [-0.05, 0) is 37.0 Å². The van der Waals surface area contributed by atoms with Crippen molar-refractivity contribution >= 4 is 6.41 Å². The Labute approximate surface area is 132 Å². The Hall–Kier alpha value is -1.75. The fraction of sp³-hybridized carbons (Fsp3) is 0.588. The van der Waals surface area contributed by atoms with E-state index in [2.05, 4.69) is 12.2 Å². The standard InChI is InChI=1S/C17H27NO4/c1-13(14(2)18-12-19)10-15-6-7-16(21-4)17(11-15)22-9-5-8-20-3/h6-7,11-14H,5,8-10H2,1-4H3,(H,18,19)/t13-,14?/m1/s1. The van der Waals surface area contributed by atoms with Gasteiger partial charge >= 0.3 is 0 Å². The van der Waals surface area contributed by atoms with Gasteiger partial charge in [-0.3, -0.25) is 4.79 Å². The number of hydrogen-bond acceptors (Lipinski definition) is 4. The molecule has 0 aliphatic rings. The van der Waals surface area contributed by atoms with E-state index in [-0.39, 0.29) is 6.04 Å². The van der Waals surface area contributed by atoms with Gasteiger partial charge in [0.25, 0.3) is 0 Å². The predicted molar refractivity (Wildman–Crippen MR) is 86.5 cm³/mol. The summed E-state index contributed by atoms with van der Waals surface area (Å²) in [6.45, 7) is 5.38. The lowest BCUT2D eigenvalue weighted by molar-refractivity contribution is -0.110. The topological polar surface area (TPSA) is 56.8 Å². The van der Waals surface area contributed by atoms with Crippen LogP contribution in [-0.4, -0.2) is 39.9 Å². The van der Waals surface area contributed by atoms with Crippen molar-refractivity contribution in [2.75, 3.05) is 27.4 Å². The molecule has 1 unspecified atom stereocenters. The molecule has 1 aromatic carbocycles. The maximum atomic E-state index is 10.5. The summed E-state index contributed by atoms with van der Waals surface area (Å²) in [4.78, 5) is 10.5. The monoisotopic (exact) mass is 309 g/mol. The lowest BCUT2D eigenvalue weighted by Gasteiger charge is -2.20. The van der Waals surface area contributed by atoms with E-state index in [1.807, 2.05) is 25.1 Å². The predicted octanol–water partition coefficient (Wildman–Crippen LogP) is 2.42. The van der Waals surface area contributed by atoms with Crippen LogP contribution in [0.3, 0.4) is 0 Å². The number of ether oxygens (including phenoxy) is 3. The molecule has 0 saturated heterocycles. The summed E-state index contributed by atoms with van der Waals surface area (Å²) in [7, 11) is 3.31. The van der Waals surface area contributed by atoms with E-state index >= 15 is 0 Å². The number of amides is 1. The molecule has 0 spiro atoms. The summed E-state index contributed by atoms with van der Waals surface area (Å²) < 4.78 is 16.1. The third-order valence-corrected chi connectivity index (χ3v) is 3.72. The smallest absolute Gasteiger partial charge is 0.207 e. The second-order valence-corrected chi connectivity index (χ2v) is 5.43. The molecule has 1 N–H and O–H groups in total. The van der Waals surface area contributed by atoms with Crippen LogP contribution in [0.15, 0.2) is 18.2 Å². The van der Waals surface area contributed by atoms with E-state index in [1.165, 1.54) is 0 Å². The van der Waals surface area contributed by atoms with Gasteiger partial charge in [-0.25, -0.2) is 0 Å². The number of nitrogens with one attached hydrogen (secondary N) is 1. The van der Waals surface area contributed by atoms with Crippen molar-refractivity contribution in [3.05, 3.63) is 23.8 Å². The minimum Gasteiger partial charge on any atom is -0.493 e. The van der Waals surface area contributed by atoms with Crippen LogP contribution in [0.5, 0.6) is 11.5 Å². The Morgan fingerprint density at radius 3 is 2.59 bits per heavy atom. The number of carbonyl (C=O) groups is 1. The summed E-state index contributed by atoms with van der Waals surface area (Å²) in [5.74, 6) is 1.81. The third-order valence-electron chi connectivity index (χ3n) is 3.72. The van der Waals surface area contributed by atoms with Crippen LogP contribution in [0.4, 0.5) is 0 Å². The Morgan fingerprint density at radius 2 is 1.95 bits per heavy atom. The van der Waals surface area contributed by atoms with Crippen molar-refractivity contribution in [2.24, 2.45) is 5.92 Å². The van der Waals surface area contributed by atoms with Crippen LogP contribution in [0.25, 0.3) is 0 Å². The summed E-state index contributed by atoms with van der Waals surface area (Å²) in [5, 5.41) is 2.80. The van der Waals surface area contributed by atoms with Gasteiger partial charge in [0.1, 0.15) is 0 Å². The zero-order chi connectivity index (χ0) is 16.4. The maximum Gasteiger partial charge on any atom is 0.207 e. The molecule has 5 heteroatoms. The van der Waals surface area contributed by atoms with Crippen molar-refractivity contribution in [1.29, 1.82) is 0 Å². The van der Waals surface area contributed by atoms with E-state index in [1.54, 1.807) is 14.2 Å². The van der Waals surface area contributed by atoms with Crippen molar-refractivity contribution in [3.8, 4) is 11.5 Å². The molecular weight excluding hydrogens is 282 g/mol. The zero-order valence-corrected chi connectivity index (χ0v) is 13.9. The number of carbonyl (C=O) groups excluding carboxylic acids is 1. The maximum absolute atomic E-state index is 10.5. The van der Waals surface area contributed by atoms with E-state index in [0.717, 1.165) is 36.3 Å². The molecule has 2 atom stereocenters. The second-order valence-electron chi connectivity index (χ2n) is 5.43. The molecule has 124 valence electrons. The van der Waals surface area contributed by atoms with Crippen LogP contribution >= 0.6 is 0 Å². The lowest BCUT2D eigenvalue weighted by atomic mass is 9.95. The fourth-order valence-electron chi connectivity index (χ4n) is 2.17. The van der Waals surface area contributed by atoms with Crippen molar-refractivity contribution in [3.63, 3.8) is 0 Å². The molecule has 0 aromatic heterocycles. The normalized spacial score (nSPS) is 13.3. The van der Waals surface area contributed by atoms with Gasteiger partial charge in [0, 0.05) is 26.2 Å². The van der Waals surface area contributed by atoms with Gasteiger partial charge in [0.15, 0.2) is 11.5 Å². The third kappa shape index (κ3) is 5.93. The number of methoxy groups -OCH3 is 2. The first-order valence-corrected chi connectivity index (χ1v) is 7.60. The highest BCUT2D eigenvalue weighted by Gasteiger charge is 2.13. The zero-order valence-electron chi connectivity index (χ0n) is 13.9. The molecule has 5 nitrogen and oxygen atoms in total. The molecule has 0 saturated carbocycles. The molecule has 1 rings (SSSR count). The quantitative estimate of drug-likeness (QED) is 0.504. The first-order valence-electron chi connectivity index (χ1n) is 7.60. The van der Waals surface area contributed by atoms with Gasteiger partial charge in [-0.15, -0.1) is 0 Å². The Balaban J connectivity index is 2.69. The van der Waals surface area contributed by atoms with E-state index in [4.69, 9.17) is 14.2 Å². The Bertz CT molecular complexity index is 450. The van der Waals surface area contributed by atoms with Gasteiger partial charge < -0.3 is 19.5 Å². The average Bonchev–Trinajstić information content (AvgIpc) is 2.52. The van der Waals surface area contributed by atoms with Gasteiger partial charge in [0.2, 0.25) is 6.41 Å². The van der Waals surface area contributed by atoms with Crippen molar-refractivity contribution in [1.82, 2.24) is 5.32 Å². The molecule has 1 amide bonds. The summed E-state index contributed by atoms with van der Waals surface area (Å²) in [5.41, 5.74) is 1.16. The first-order chi connectivity index (χ1) is 10.6. The van der Waals surface area contributed by atoms with Crippen molar-refractivity contribution < 1.29 is 19.0 Å². The van der Waals surface area contributed by atoms with Crippen LogP contribution in [0, 0.1) is 5.92 Å². The van der Waals surface area contributed by atoms with Crippen LogP contribution in [0.1, 0.15) is 25.8 Å². The largest absolute Gasteiger partial charge is 0.493 e. The minimum atomic E-state index is 0.130. The van der Waals surface area contributed by atoms with E-state index in [9.17, 15) is 4.79 Å². The SMILES string of the molecule is COCCCOc1cc(C[C@@H](C)C(C)NC=O)ccc1OC. The second kappa shape index (κ2) is 10.1. The summed E-state index contributed by atoms with van der Waals surface area (Å²) in [6.07, 6.45) is 2.44. The van der Waals surface area contributed by atoms with Crippen LogP contribution in [0.2, 0.25) is 0 Å². The fourth-order valence-corrected chi connectivity index (χ4v) is 2.17. The highest BCUT2D eigenvalue weighted by molar-refractivity contribution is 5.46. The molecule has 0 radical (unpaired) electrons. The van der Waals surface area contributed by atoms with E-state index < -0.39 is 0 Å². The van der Waals surface area contributed by atoms with Gasteiger partial charge in [0.05, 0.1) is 13.7 Å². The Morgan fingerprint density at radius 1 is 1.18 bits per heavy atom. The van der Waals surface area contributed by atoms with Gasteiger partial charge in [-0.1, -0.05) is 13.0 Å². The molecule has 0 aliphatic heterocycles. The number of hydrogen-bond donors (Lipinski definition) is 1. The molecule has 0 bridgehead atoms. The van der Waals surface area contributed by atoms with Crippen molar-refractivity contribution in [2.45, 2.75) is 32.7 Å². The number of benzene rings is 1. The number of rotatable bonds is 11. The highest BCUT2D eigenvalue weighted by Crippen LogP contribution is 2.29. The first kappa shape index (κ1) is 18.3. The summed E-state index contributed by atoms with van der Waals surface area (Å²) >= 11 is 0. The molecular formula is C17H27NO4. The van der Waals surface area contributed by atoms with Crippen LogP contribution in [-0.2, 0) is 16.0 Å². The lowest BCUT2D eigenvalue weighted by Crippen LogP contribution is -2.31. The van der Waals surface area contributed by atoms with Crippen LogP contribution < -0.4 is 14.8 Å². The molecule has 1 aromatic rings. The van der Waals surface area contributed by atoms with E-state index in [0.29, 0.717) is 19.1 Å². The molecule has 0 fully saturated rings. The molecule has 22 heavy (non-hydrogen) atoms.